The van der Waals surface area contributed by atoms with Crippen LogP contribution in [0.25, 0.3) is 0 Å². The van der Waals surface area contributed by atoms with Gasteiger partial charge in [0.15, 0.2) is 0 Å². The normalized spacial score (nSPS) is 25.4. The molecule has 2 saturated carbocycles. The van der Waals surface area contributed by atoms with Gasteiger partial charge >= 0.3 is 0 Å². The van der Waals surface area contributed by atoms with Gasteiger partial charge in [-0.2, -0.15) is 0 Å². The first kappa shape index (κ1) is 23.2. The van der Waals surface area contributed by atoms with Crippen molar-refractivity contribution in [1.29, 1.82) is 0 Å². The third-order valence-electron chi connectivity index (χ3n) is 7.07. The predicted octanol–water partition coefficient (Wildman–Crippen LogP) is 2.99. The molecule has 1 aliphatic heterocycles. The number of nitrogens with zero attached hydrogens (tertiary/aromatic N) is 1. The van der Waals surface area contributed by atoms with Gasteiger partial charge in [0.25, 0.3) is 0 Å². The highest BCUT2D eigenvalue weighted by Gasteiger charge is 2.39. The Kier molecular flexibility index (Phi) is 6.91. The lowest BCUT2D eigenvalue weighted by molar-refractivity contribution is -0.126. The number of carbonyl (C=O) groups excluding carboxylic acids is 2. The van der Waals surface area contributed by atoms with Crippen LogP contribution < -0.4 is 14.9 Å². The molecule has 8 heteroatoms. The summed E-state index contributed by atoms with van der Waals surface area (Å²) in [7, 11) is -3.62. The van der Waals surface area contributed by atoms with Crippen molar-refractivity contribution in [2.75, 3.05) is 18.0 Å². The molecule has 1 unspecified atom stereocenters. The Bertz CT molecular complexity index is 965. The molecule has 2 N–H and O–H groups in total. The number of hydrogen-bond donors (Lipinski definition) is 2. The highest BCUT2D eigenvalue weighted by molar-refractivity contribution is 7.89. The molecule has 2 amide bonds. The third-order valence-corrected chi connectivity index (χ3v) is 8.49. The van der Waals surface area contributed by atoms with Crippen LogP contribution in [0.2, 0.25) is 0 Å². The van der Waals surface area contributed by atoms with Gasteiger partial charge in [-0.3, -0.25) is 9.59 Å². The SMILES string of the molecule is CCCNC(=O)C1CCC(CNS(=O)(=O)c2ccc3c(c2)CC(C)N3C(=O)C2CC2)CC1. The Morgan fingerprint density at radius 2 is 1.75 bits per heavy atom. The average Bonchev–Trinajstić information content (AvgIpc) is 3.58. The van der Waals surface area contributed by atoms with Gasteiger partial charge in [0.05, 0.1) is 4.90 Å². The van der Waals surface area contributed by atoms with E-state index < -0.39 is 10.0 Å². The molecule has 7 nitrogen and oxygen atoms in total. The smallest absolute Gasteiger partial charge is 0.240 e. The zero-order valence-corrected chi connectivity index (χ0v) is 19.9. The molecule has 1 aromatic carbocycles. The summed E-state index contributed by atoms with van der Waals surface area (Å²) in [5.41, 5.74) is 1.78. The average molecular weight is 462 g/mol. The minimum absolute atomic E-state index is 0.0504. The molecule has 4 rings (SSSR count). The van der Waals surface area contributed by atoms with E-state index >= 15 is 0 Å². The fourth-order valence-electron chi connectivity index (χ4n) is 4.97. The van der Waals surface area contributed by atoms with Crippen molar-refractivity contribution in [3.05, 3.63) is 23.8 Å². The topological polar surface area (TPSA) is 95.6 Å². The number of rotatable bonds is 8. The Morgan fingerprint density at radius 1 is 1.06 bits per heavy atom. The molecular weight excluding hydrogens is 426 g/mol. The van der Waals surface area contributed by atoms with Crippen LogP contribution in [-0.2, 0) is 26.0 Å². The number of hydrogen-bond acceptors (Lipinski definition) is 4. The second-order valence-electron chi connectivity index (χ2n) is 9.69. The van der Waals surface area contributed by atoms with Gasteiger partial charge in [0.1, 0.15) is 0 Å². The lowest BCUT2D eigenvalue weighted by Crippen LogP contribution is -2.36. The number of amides is 2. The minimum atomic E-state index is -3.62. The van der Waals surface area contributed by atoms with Crippen molar-refractivity contribution in [2.45, 2.75) is 76.2 Å². The quantitative estimate of drug-likeness (QED) is 0.622. The Morgan fingerprint density at radius 3 is 2.41 bits per heavy atom. The van der Waals surface area contributed by atoms with E-state index in [4.69, 9.17) is 0 Å². The highest BCUT2D eigenvalue weighted by Crippen LogP contribution is 2.39. The van der Waals surface area contributed by atoms with Crippen LogP contribution in [0, 0.1) is 17.8 Å². The highest BCUT2D eigenvalue weighted by atomic mass is 32.2. The summed E-state index contributed by atoms with van der Waals surface area (Å²) in [6, 6.07) is 5.19. The maximum Gasteiger partial charge on any atom is 0.240 e. The number of carbonyl (C=O) groups is 2. The van der Waals surface area contributed by atoms with Crippen molar-refractivity contribution in [1.82, 2.24) is 10.0 Å². The van der Waals surface area contributed by atoms with Crippen molar-refractivity contribution < 1.29 is 18.0 Å². The summed E-state index contributed by atoms with van der Waals surface area (Å²) in [4.78, 5) is 26.9. The molecule has 0 bridgehead atoms. The Labute approximate surface area is 191 Å². The molecule has 2 fully saturated rings. The maximum atomic E-state index is 12.9. The lowest BCUT2D eigenvalue weighted by atomic mass is 9.81. The van der Waals surface area contributed by atoms with Gasteiger partial charge < -0.3 is 10.2 Å². The van der Waals surface area contributed by atoms with E-state index in [2.05, 4.69) is 10.0 Å². The Balaban J connectivity index is 1.33. The molecule has 1 heterocycles. The summed E-state index contributed by atoms with van der Waals surface area (Å²) in [6.45, 7) is 5.16. The summed E-state index contributed by atoms with van der Waals surface area (Å²) < 4.78 is 28.6. The molecule has 0 spiro atoms. The van der Waals surface area contributed by atoms with Crippen LogP contribution in [0.1, 0.15) is 64.4 Å². The van der Waals surface area contributed by atoms with Crippen LogP contribution >= 0.6 is 0 Å². The van der Waals surface area contributed by atoms with E-state index in [0.717, 1.165) is 56.2 Å². The number of benzene rings is 1. The number of nitrogens with one attached hydrogen (secondary N) is 2. The van der Waals surface area contributed by atoms with Crippen molar-refractivity contribution in [3.8, 4) is 0 Å². The standard InChI is InChI=1S/C24H35N3O4S/c1-3-12-25-23(28)18-6-4-17(5-7-18)15-26-32(30,31)21-10-11-22-20(14-21)13-16(2)27(22)24(29)19-8-9-19/h10-11,14,16-19,26H,3-9,12-13,15H2,1-2H3,(H,25,28). The third kappa shape index (κ3) is 5.01. The van der Waals surface area contributed by atoms with Gasteiger partial charge in [-0.25, -0.2) is 13.1 Å². The fourth-order valence-corrected chi connectivity index (χ4v) is 6.14. The van der Waals surface area contributed by atoms with Gasteiger partial charge in [-0.15, -0.1) is 0 Å². The van der Waals surface area contributed by atoms with E-state index in [-0.39, 0.29) is 40.5 Å². The van der Waals surface area contributed by atoms with Crippen LogP contribution in [0.15, 0.2) is 23.1 Å². The first-order valence-electron chi connectivity index (χ1n) is 12.0. The summed E-state index contributed by atoms with van der Waals surface area (Å²) in [5.74, 6) is 0.744. The monoisotopic (exact) mass is 461 g/mol. The van der Waals surface area contributed by atoms with Crippen molar-refractivity contribution in [2.24, 2.45) is 17.8 Å². The Hall–Kier alpha value is -1.93. The molecular formula is C24H35N3O4S. The van der Waals surface area contributed by atoms with Crippen LogP contribution in [0.4, 0.5) is 5.69 Å². The molecule has 0 saturated heterocycles. The summed E-state index contributed by atoms with van der Waals surface area (Å²) >= 11 is 0. The molecule has 176 valence electrons. The van der Waals surface area contributed by atoms with Crippen molar-refractivity contribution >= 4 is 27.5 Å². The fraction of sp³-hybridized carbons (Fsp3) is 0.667. The molecule has 32 heavy (non-hydrogen) atoms. The molecule has 1 atom stereocenters. The molecule has 0 aromatic heterocycles. The van der Waals surface area contributed by atoms with E-state index in [9.17, 15) is 18.0 Å². The molecule has 3 aliphatic rings. The lowest BCUT2D eigenvalue weighted by Gasteiger charge is -2.27. The zero-order chi connectivity index (χ0) is 22.9. The second kappa shape index (κ2) is 9.51. The zero-order valence-electron chi connectivity index (χ0n) is 19.1. The van der Waals surface area contributed by atoms with Gasteiger partial charge in [-0.05, 0) is 88.0 Å². The number of anilines is 1. The maximum absolute atomic E-state index is 12.9. The van der Waals surface area contributed by atoms with E-state index in [0.29, 0.717) is 19.5 Å². The van der Waals surface area contributed by atoms with Crippen LogP contribution in [-0.4, -0.2) is 39.4 Å². The van der Waals surface area contributed by atoms with E-state index in [1.165, 1.54) is 0 Å². The summed E-state index contributed by atoms with van der Waals surface area (Å²) in [5, 5.41) is 2.96. The first-order chi connectivity index (χ1) is 15.3. The van der Waals surface area contributed by atoms with Crippen molar-refractivity contribution in [3.63, 3.8) is 0 Å². The van der Waals surface area contributed by atoms with Crippen LogP contribution in [0.3, 0.4) is 0 Å². The summed E-state index contributed by atoms with van der Waals surface area (Å²) in [6.07, 6.45) is 6.85. The second-order valence-corrected chi connectivity index (χ2v) is 11.5. The largest absolute Gasteiger partial charge is 0.356 e. The first-order valence-corrected chi connectivity index (χ1v) is 13.5. The van der Waals surface area contributed by atoms with Gasteiger partial charge in [0, 0.05) is 36.7 Å². The molecule has 0 radical (unpaired) electrons. The number of fused-ring (bicyclic) bond motifs is 1. The van der Waals surface area contributed by atoms with E-state index in [1.54, 1.807) is 18.2 Å². The number of sulfonamides is 1. The predicted molar refractivity (Wildman–Crippen MR) is 124 cm³/mol. The van der Waals surface area contributed by atoms with Crippen LogP contribution in [0.5, 0.6) is 0 Å². The van der Waals surface area contributed by atoms with E-state index in [1.807, 2.05) is 18.7 Å². The van der Waals surface area contributed by atoms with Gasteiger partial charge in [-0.1, -0.05) is 6.92 Å². The molecule has 2 aliphatic carbocycles. The van der Waals surface area contributed by atoms with Gasteiger partial charge in [0.2, 0.25) is 21.8 Å². The minimum Gasteiger partial charge on any atom is -0.356 e. The molecule has 1 aromatic rings.